The van der Waals surface area contributed by atoms with Crippen molar-refractivity contribution >= 4 is 0 Å². The summed E-state index contributed by atoms with van der Waals surface area (Å²) in [5, 5.41) is 0. The molecule has 1 unspecified atom stereocenters. The van der Waals surface area contributed by atoms with Gasteiger partial charge in [-0.2, -0.15) is 0 Å². The van der Waals surface area contributed by atoms with Crippen LogP contribution < -0.4 is 5.73 Å². The Morgan fingerprint density at radius 3 is 2.45 bits per heavy atom. The van der Waals surface area contributed by atoms with Crippen LogP contribution in [0.1, 0.15) is 40.8 Å². The van der Waals surface area contributed by atoms with Crippen molar-refractivity contribution in [2.75, 3.05) is 0 Å². The van der Waals surface area contributed by atoms with Gasteiger partial charge in [-0.1, -0.05) is 49.4 Å². The van der Waals surface area contributed by atoms with Crippen LogP contribution >= 0.6 is 0 Å². The quantitative estimate of drug-likeness (QED) is 0.920. The maximum Gasteiger partial charge on any atom is 0.0725 e. The summed E-state index contributed by atoms with van der Waals surface area (Å²) in [7, 11) is 0. The average molecular weight is 267 g/mol. The van der Waals surface area contributed by atoms with E-state index in [1.165, 1.54) is 27.8 Å². The van der Waals surface area contributed by atoms with Crippen molar-refractivity contribution in [3.8, 4) is 0 Å². The molecule has 104 valence electrons. The van der Waals surface area contributed by atoms with E-state index < -0.39 is 0 Å². The normalized spacial score (nSPS) is 15.1. The Balaban J connectivity index is 1.73. The summed E-state index contributed by atoms with van der Waals surface area (Å²) in [6.45, 7) is 3.64. The van der Waals surface area contributed by atoms with Crippen molar-refractivity contribution in [2.45, 2.75) is 39.0 Å². The second-order valence-corrected chi connectivity index (χ2v) is 5.50. The van der Waals surface area contributed by atoms with Gasteiger partial charge in [0.25, 0.3) is 0 Å². The third-order valence-electron chi connectivity index (χ3n) is 4.06. The van der Waals surface area contributed by atoms with E-state index in [2.05, 4.69) is 49.4 Å². The summed E-state index contributed by atoms with van der Waals surface area (Å²) in [6.07, 6.45) is 1.96. The fourth-order valence-electron chi connectivity index (χ4n) is 2.71. The smallest absolute Gasteiger partial charge is 0.0725 e. The number of nitrogens with two attached hydrogens (primary N) is 1. The number of ether oxygens (including phenoxy) is 1. The van der Waals surface area contributed by atoms with Crippen LogP contribution in [0, 0.1) is 0 Å². The van der Waals surface area contributed by atoms with Crippen molar-refractivity contribution in [3.63, 3.8) is 0 Å². The van der Waals surface area contributed by atoms with Gasteiger partial charge in [0.2, 0.25) is 0 Å². The molecule has 0 saturated heterocycles. The third-order valence-corrected chi connectivity index (χ3v) is 4.06. The zero-order valence-electron chi connectivity index (χ0n) is 11.9. The highest BCUT2D eigenvalue weighted by molar-refractivity contribution is 5.35. The molecule has 0 aromatic heterocycles. The third kappa shape index (κ3) is 2.77. The Morgan fingerprint density at radius 2 is 1.70 bits per heavy atom. The van der Waals surface area contributed by atoms with Crippen LogP contribution in [0.5, 0.6) is 0 Å². The van der Waals surface area contributed by atoms with Gasteiger partial charge in [0.1, 0.15) is 0 Å². The van der Waals surface area contributed by atoms with E-state index in [0.717, 1.165) is 26.1 Å². The summed E-state index contributed by atoms with van der Waals surface area (Å²) >= 11 is 0. The largest absolute Gasteiger partial charge is 0.372 e. The molecular formula is C18H21NO. The van der Waals surface area contributed by atoms with Gasteiger partial charge in [-0.3, -0.25) is 0 Å². The molecule has 0 saturated carbocycles. The van der Waals surface area contributed by atoms with Gasteiger partial charge >= 0.3 is 0 Å². The topological polar surface area (TPSA) is 35.2 Å². The van der Waals surface area contributed by atoms with Crippen molar-refractivity contribution < 1.29 is 4.74 Å². The fourth-order valence-corrected chi connectivity index (χ4v) is 2.71. The molecular weight excluding hydrogens is 246 g/mol. The van der Waals surface area contributed by atoms with Crippen molar-refractivity contribution in [1.82, 2.24) is 0 Å². The Bertz CT molecular complexity index is 589. The lowest BCUT2D eigenvalue weighted by Gasteiger charge is -2.13. The molecule has 1 heterocycles. The van der Waals surface area contributed by atoms with Crippen LogP contribution in [0.2, 0.25) is 0 Å². The van der Waals surface area contributed by atoms with Crippen LogP contribution in [-0.4, -0.2) is 0 Å². The van der Waals surface area contributed by atoms with Gasteiger partial charge in [-0.05, 0) is 40.7 Å². The molecule has 0 aliphatic carbocycles. The standard InChI is InChI=1S/C18H21NO/c1-2-13-3-5-14(6-4-13)9-18(19)15-7-8-16-11-20-12-17(16)10-15/h3-8,10,18H,2,9,11-12,19H2,1H3. The van der Waals surface area contributed by atoms with Gasteiger partial charge in [-0.15, -0.1) is 0 Å². The Hall–Kier alpha value is -1.64. The SMILES string of the molecule is CCc1ccc(CC(N)c2ccc3c(c2)COC3)cc1. The molecule has 3 rings (SSSR count). The number of hydrogen-bond donors (Lipinski definition) is 1. The first-order valence-electron chi connectivity index (χ1n) is 7.29. The first-order chi connectivity index (χ1) is 9.76. The number of benzene rings is 2. The lowest BCUT2D eigenvalue weighted by atomic mass is 9.96. The predicted octanol–water partition coefficient (Wildman–Crippen LogP) is 3.52. The molecule has 0 spiro atoms. The molecule has 0 amide bonds. The highest BCUT2D eigenvalue weighted by Gasteiger charge is 2.14. The van der Waals surface area contributed by atoms with E-state index in [1.54, 1.807) is 0 Å². The Labute approximate surface area is 120 Å². The highest BCUT2D eigenvalue weighted by Crippen LogP contribution is 2.24. The summed E-state index contributed by atoms with van der Waals surface area (Å²) < 4.78 is 5.45. The van der Waals surface area contributed by atoms with Gasteiger partial charge in [0.15, 0.2) is 0 Å². The van der Waals surface area contributed by atoms with E-state index in [-0.39, 0.29) is 6.04 Å². The average Bonchev–Trinajstić information content (AvgIpc) is 2.95. The van der Waals surface area contributed by atoms with E-state index in [4.69, 9.17) is 10.5 Å². The lowest BCUT2D eigenvalue weighted by Crippen LogP contribution is -2.13. The van der Waals surface area contributed by atoms with Gasteiger partial charge < -0.3 is 10.5 Å². The minimum absolute atomic E-state index is 0.0494. The Kier molecular flexibility index (Phi) is 3.86. The van der Waals surface area contributed by atoms with Crippen LogP contribution in [0.4, 0.5) is 0 Å². The molecule has 2 heteroatoms. The predicted molar refractivity (Wildman–Crippen MR) is 81.4 cm³/mol. The second-order valence-electron chi connectivity index (χ2n) is 5.50. The van der Waals surface area contributed by atoms with Gasteiger partial charge in [-0.25, -0.2) is 0 Å². The van der Waals surface area contributed by atoms with Gasteiger partial charge in [0, 0.05) is 6.04 Å². The van der Waals surface area contributed by atoms with E-state index in [0.29, 0.717) is 0 Å². The van der Waals surface area contributed by atoms with Crippen LogP contribution in [0.3, 0.4) is 0 Å². The summed E-state index contributed by atoms with van der Waals surface area (Å²) in [5.41, 5.74) is 12.8. The minimum Gasteiger partial charge on any atom is -0.372 e. The maximum absolute atomic E-state index is 6.35. The fraction of sp³-hybridized carbons (Fsp3) is 0.333. The first kappa shape index (κ1) is 13.3. The van der Waals surface area contributed by atoms with Crippen molar-refractivity contribution in [2.24, 2.45) is 5.73 Å². The van der Waals surface area contributed by atoms with Crippen LogP contribution in [0.25, 0.3) is 0 Å². The second kappa shape index (κ2) is 5.78. The zero-order chi connectivity index (χ0) is 13.9. The number of aryl methyl sites for hydroxylation is 1. The molecule has 1 aliphatic rings. The molecule has 0 radical (unpaired) electrons. The van der Waals surface area contributed by atoms with Crippen molar-refractivity contribution in [1.29, 1.82) is 0 Å². The van der Waals surface area contributed by atoms with E-state index >= 15 is 0 Å². The van der Waals surface area contributed by atoms with Crippen LogP contribution in [-0.2, 0) is 30.8 Å². The molecule has 0 fully saturated rings. The maximum atomic E-state index is 6.35. The first-order valence-corrected chi connectivity index (χ1v) is 7.29. The summed E-state index contributed by atoms with van der Waals surface area (Å²) in [4.78, 5) is 0. The molecule has 2 nitrogen and oxygen atoms in total. The number of rotatable bonds is 4. The molecule has 1 atom stereocenters. The van der Waals surface area contributed by atoms with E-state index in [9.17, 15) is 0 Å². The summed E-state index contributed by atoms with van der Waals surface area (Å²) in [6, 6.07) is 15.3. The van der Waals surface area contributed by atoms with E-state index in [1.807, 2.05) is 0 Å². The monoisotopic (exact) mass is 267 g/mol. The zero-order valence-corrected chi connectivity index (χ0v) is 11.9. The summed E-state index contributed by atoms with van der Waals surface area (Å²) in [5.74, 6) is 0. The molecule has 1 aliphatic heterocycles. The lowest BCUT2D eigenvalue weighted by molar-refractivity contribution is 0.134. The van der Waals surface area contributed by atoms with Crippen molar-refractivity contribution in [3.05, 3.63) is 70.3 Å². The van der Waals surface area contributed by atoms with Gasteiger partial charge in [0.05, 0.1) is 13.2 Å². The Morgan fingerprint density at radius 1 is 1.00 bits per heavy atom. The minimum atomic E-state index is 0.0494. The molecule has 0 bridgehead atoms. The molecule has 2 aromatic carbocycles. The molecule has 2 N–H and O–H groups in total. The molecule has 2 aromatic rings. The number of hydrogen-bond acceptors (Lipinski definition) is 2. The number of fused-ring (bicyclic) bond motifs is 1. The highest BCUT2D eigenvalue weighted by atomic mass is 16.5. The van der Waals surface area contributed by atoms with Crippen LogP contribution in [0.15, 0.2) is 42.5 Å². The molecule has 20 heavy (non-hydrogen) atoms.